The van der Waals surface area contributed by atoms with Crippen LogP contribution < -0.4 is 0 Å². The summed E-state index contributed by atoms with van der Waals surface area (Å²) >= 11 is 1.64. The molecule has 1 aromatic heterocycles. The first-order valence-electron chi connectivity index (χ1n) is 5.30. The van der Waals surface area contributed by atoms with E-state index in [0.29, 0.717) is 12.5 Å². The van der Waals surface area contributed by atoms with Crippen LogP contribution in [0.1, 0.15) is 30.0 Å². The molecule has 0 aromatic carbocycles. The molecule has 0 amide bonds. The normalized spacial score (nSPS) is 21.1. The van der Waals surface area contributed by atoms with Crippen LogP contribution in [0.5, 0.6) is 0 Å². The summed E-state index contributed by atoms with van der Waals surface area (Å²) in [6.07, 6.45) is 5.28. The third kappa shape index (κ3) is 3.01. The van der Waals surface area contributed by atoms with Crippen molar-refractivity contribution >= 4 is 11.3 Å². The van der Waals surface area contributed by atoms with Crippen molar-refractivity contribution in [3.05, 3.63) is 16.1 Å². The Labute approximate surface area is 93.7 Å². The van der Waals surface area contributed by atoms with Gasteiger partial charge in [0.05, 0.1) is 29.3 Å². The fraction of sp³-hybridized carbons (Fsp3) is 0.636. The fourth-order valence-electron chi connectivity index (χ4n) is 1.77. The molecule has 0 radical (unpaired) electrons. The van der Waals surface area contributed by atoms with Crippen LogP contribution in [0.2, 0.25) is 0 Å². The highest BCUT2D eigenvalue weighted by atomic mass is 32.1. The highest BCUT2D eigenvalue weighted by Crippen LogP contribution is 2.19. The standard InChI is InChI=1S/C11H14N2OS/c12-5-4-9-8-15-11(13-9)7-10-3-1-2-6-14-10/h8,10H,1-4,6-7H2. The summed E-state index contributed by atoms with van der Waals surface area (Å²) < 4.78 is 5.65. The van der Waals surface area contributed by atoms with E-state index in [-0.39, 0.29) is 0 Å². The van der Waals surface area contributed by atoms with Crippen molar-refractivity contribution < 1.29 is 4.74 Å². The summed E-state index contributed by atoms with van der Waals surface area (Å²) in [5, 5.41) is 11.6. The number of rotatable bonds is 3. The summed E-state index contributed by atoms with van der Waals surface area (Å²) in [5.74, 6) is 0. The number of ether oxygens (including phenoxy) is 1. The van der Waals surface area contributed by atoms with Gasteiger partial charge >= 0.3 is 0 Å². The maximum Gasteiger partial charge on any atom is 0.0954 e. The number of thiazole rings is 1. The lowest BCUT2D eigenvalue weighted by Gasteiger charge is -2.21. The van der Waals surface area contributed by atoms with Crippen molar-refractivity contribution in [2.45, 2.75) is 38.2 Å². The zero-order valence-corrected chi connectivity index (χ0v) is 9.42. The zero-order valence-electron chi connectivity index (χ0n) is 8.61. The lowest BCUT2D eigenvalue weighted by atomic mass is 10.1. The molecule has 1 aliphatic rings. The van der Waals surface area contributed by atoms with E-state index in [9.17, 15) is 0 Å². The molecule has 1 fully saturated rings. The van der Waals surface area contributed by atoms with E-state index in [0.717, 1.165) is 30.2 Å². The van der Waals surface area contributed by atoms with E-state index >= 15 is 0 Å². The molecule has 1 aliphatic heterocycles. The molecule has 0 spiro atoms. The van der Waals surface area contributed by atoms with Gasteiger partial charge < -0.3 is 4.74 Å². The number of nitriles is 1. The molecule has 0 aliphatic carbocycles. The average molecular weight is 222 g/mol. The third-order valence-corrected chi connectivity index (χ3v) is 3.46. The largest absolute Gasteiger partial charge is 0.378 e. The smallest absolute Gasteiger partial charge is 0.0954 e. The topological polar surface area (TPSA) is 45.9 Å². The highest BCUT2D eigenvalue weighted by Gasteiger charge is 2.15. The first-order chi connectivity index (χ1) is 7.38. The molecule has 1 unspecified atom stereocenters. The van der Waals surface area contributed by atoms with E-state index in [1.54, 1.807) is 11.3 Å². The minimum Gasteiger partial charge on any atom is -0.378 e. The van der Waals surface area contributed by atoms with E-state index in [4.69, 9.17) is 10.00 Å². The second-order valence-electron chi connectivity index (χ2n) is 3.76. The summed E-state index contributed by atoms with van der Waals surface area (Å²) in [7, 11) is 0. The summed E-state index contributed by atoms with van der Waals surface area (Å²) in [6, 6.07) is 2.11. The predicted molar refractivity (Wildman–Crippen MR) is 58.7 cm³/mol. The van der Waals surface area contributed by atoms with Gasteiger partial charge in [-0.1, -0.05) is 0 Å². The summed E-state index contributed by atoms with van der Waals surface area (Å²) in [4.78, 5) is 4.41. The molecule has 3 nitrogen and oxygen atoms in total. The average Bonchev–Trinajstić information content (AvgIpc) is 2.68. The third-order valence-electron chi connectivity index (χ3n) is 2.54. The molecule has 80 valence electrons. The lowest BCUT2D eigenvalue weighted by molar-refractivity contribution is 0.0167. The Kier molecular flexibility index (Phi) is 3.70. The van der Waals surface area contributed by atoms with Crippen LogP contribution in [-0.2, 0) is 17.6 Å². The van der Waals surface area contributed by atoms with Crippen molar-refractivity contribution in [3.8, 4) is 6.07 Å². The molecule has 0 N–H and O–H groups in total. The van der Waals surface area contributed by atoms with Gasteiger partial charge in [-0.15, -0.1) is 11.3 Å². The maximum absolute atomic E-state index is 8.54. The molecule has 0 saturated carbocycles. The minimum atomic E-state index is 0.347. The van der Waals surface area contributed by atoms with Crippen LogP contribution in [0.4, 0.5) is 0 Å². The minimum absolute atomic E-state index is 0.347. The number of hydrogen-bond donors (Lipinski definition) is 0. The van der Waals surface area contributed by atoms with Crippen LogP contribution in [0.25, 0.3) is 0 Å². The fourth-order valence-corrected chi connectivity index (χ4v) is 2.63. The lowest BCUT2D eigenvalue weighted by Crippen LogP contribution is -2.21. The quantitative estimate of drug-likeness (QED) is 0.788. The van der Waals surface area contributed by atoms with Crippen LogP contribution in [0.3, 0.4) is 0 Å². The summed E-state index contributed by atoms with van der Waals surface area (Å²) in [5.41, 5.74) is 0.897. The van der Waals surface area contributed by atoms with Crippen LogP contribution in [0, 0.1) is 11.3 Å². The Morgan fingerprint density at radius 2 is 2.53 bits per heavy atom. The van der Waals surface area contributed by atoms with Crippen molar-refractivity contribution in [2.24, 2.45) is 0 Å². The molecule has 1 saturated heterocycles. The van der Waals surface area contributed by atoms with Gasteiger partial charge in [-0.3, -0.25) is 0 Å². The number of aromatic nitrogens is 1. The Bertz CT molecular complexity index is 350. The second-order valence-corrected chi connectivity index (χ2v) is 4.70. The zero-order chi connectivity index (χ0) is 10.5. The van der Waals surface area contributed by atoms with Gasteiger partial charge in [0.1, 0.15) is 0 Å². The van der Waals surface area contributed by atoms with E-state index < -0.39 is 0 Å². The van der Waals surface area contributed by atoms with Crippen LogP contribution in [0.15, 0.2) is 5.38 Å². The predicted octanol–water partition coefficient (Wildman–Crippen LogP) is 2.32. The SMILES string of the molecule is N#CCc1csc(CC2CCCCO2)n1. The highest BCUT2D eigenvalue weighted by molar-refractivity contribution is 7.09. The number of hydrogen-bond acceptors (Lipinski definition) is 4. The van der Waals surface area contributed by atoms with Crippen molar-refractivity contribution in [1.82, 2.24) is 4.98 Å². The van der Waals surface area contributed by atoms with Gasteiger partial charge in [0.25, 0.3) is 0 Å². The van der Waals surface area contributed by atoms with E-state index in [2.05, 4.69) is 11.1 Å². The molecule has 2 rings (SSSR count). The maximum atomic E-state index is 8.54. The van der Waals surface area contributed by atoms with Crippen molar-refractivity contribution in [2.75, 3.05) is 6.61 Å². The van der Waals surface area contributed by atoms with Gasteiger partial charge in [0, 0.05) is 18.4 Å². The number of nitrogens with zero attached hydrogens (tertiary/aromatic N) is 2. The van der Waals surface area contributed by atoms with Gasteiger partial charge in [0.15, 0.2) is 0 Å². The Balaban J connectivity index is 1.89. The first-order valence-corrected chi connectivity index (χ1v) is 6.18. The monoisotopic (exact) mass is 222 g/mol. The van der Waals surface area contributed by atoms with Gasteiger partial charge in [-0.2, -0.15) is 5.26 Å². The van der Waals surface area contributed by atoms with Crippen molar-refractivity contribution in [1.29, 1.82) is 5.26 Å². The second kappa shape index (κ2) is 5.24. The molecule has 1 atom stereocenters. The molecule has 4 heteroatoms. The van der Waals surface area contributed by atoms with Gasteiger partial charge in [-0.25, -0.2) is 4.98 Å². The molecule has 2 heterocycles. The van der Waals surface area contributed by atoms with E-state index in [1.807, 2.05) is 5.38 Å². The molecular formula is C11H14N2OS. The Morgan fingerprint density at radius 3 is 3.27 bits per heavy atom. The Morgan fingerprint density at radius 1 is 1.60 bits per heavy atom. The van der Waals surface area contributed by atoms with Crippen LogP contribution >= 0.6 is 11.3 Å². The summed E-state index contributed by atoms with van der Waals surface area (Å²) in [6.45, 7) is 0.890. The van der Waals surface area contributed by atoms with Gasteiger partial charge in [-0.05, 0) is 19.3 Å². The molecule has 0 bridgehead atoms. The molecule has 15 heavy (non-hydrogen) atoms. The van der Waals surface area contributed by atoms with E-state index in [1.165, 1.54) is 12.8 Å². The van der Waals surface area contributed by atoms with Gasteiger partial charge in [0.2, 0.25) is 0 Å². The van der Waals surface area contributed by atoms with Crippen LogP contribution in [-0.4, -0.2) is 17.7 Å². The van der Waals surface area contributed by atoms with Crippen molar-refractivity contribution in [3.63, 3.8) is 0 Å². The Hall–Kier alpha value is -0.920. The molecule has 1 aromatic rings. The first kappa shape index (κ1) is 10.6. The molecular weight excluding hydrogens is 208 g/mol.